The number of benzene rings is 2. The van der Waals surface area contributed by atoms with Gasteiger partial charge in [-0.3, -0.25) is 9.59 Å². The number of halogens is 1. The van der Waals surface area contributed by atoms with Crippen molar-refractivity contribution in [3.05, 3.63) is 75.8 Å². The third-order valence-corrected chi connectivity index (χ3v) is 4.91. The van der Waals surface area contributed by atoms with E-state index in [4.69, 9.17) is 16.3 Å². The average molecular weight is 438 g/mol. The van der Waals surface area contributed by atoms with Crippen LogP contribution in [0.3, 0.4) is 0 Å². The summed E-state index contributed by atoms with van der Waals surface area (Å²) in [6.45, 7) is 3.85. The summed E-state index contributed by atoms with van der Waals surface area (Å²) >= 11 is 6.10. The molecule has 0 aliphatic heterocycles. The van der Waals surface area contributed by atoms with Gasteiger partial charge in [0.15, 0.2) is 0 Å². The second kappa shape index (κ2) is 8.61. The van der Waals surface area contributed by atoms with Gasteiger partial charge in [0, 0.05) is 10.4 Å². The number of carbonyl (C=O) groups excluding carboxylic acids is 1. The molecule has 158 valence electrons. The van der Waals surface area contributed by atoms with Crippen LogP contribution in [0.4, 0.5) is 5.69 Å². The third-order valence-electron chi connectivity index (χ3n) is 4.67. The van der Waals surface area contributed by atoms with Crippen molar-refractivity contribution in [1.29, 1.82) is 0 Å². The number of nitrogens with zero attached hydrogens (tertiary/aromatic N) is 4. The Morgan fingerprint density at radius 3 is 2.77 bits per heavy atom. The molecular weight excluding hydrogens is 418 g/mol. The number of anilines is 1. The number of aromatic nitrogens is 4. The van der Waals surface area contributed by atoms with Crippen LogP contribution >= 0.6 is 11.6 Å². The normalized spacial score (nSPS) is 10.9. The molecule has 0 aliphatic rings. The molecule has 2 heterocycles. The highest BCUT2D eigenvalue weighted by molar-refractivity contribution is 6.30. The Balaban J connectivity index is 1.69. The molecule has 2 aromatic heterocycles. The lowest BCUT2D eigenvalue weighted by atomic mass is 10.2. The molecule has 0 aliphatic carbocycles. The summed E-state index contributed by atoms with van der Waals surface area (Å²) in [5.41, 5.74) is 1.67. The zero-order valence-electron chi connectivity index (χ0n) is 17.0. The minimum Gasteiger partial charge on any atom is -0.492 e. The first-order valence-corrected chi connectivity index (χ1v) is 10.1. The zero-order valence-corrected chi connectivity index (χ0v) is 17.8. The molecule has 1 amide bonds. The maximum atomic E-state index is 13.2. The van der Waals surface area contributed by atoms with E-state index in [0.717, 1.165) is 4.68 Å². The first kappa shape index (κ1) is 20.6. The molecule has 0 saturated carbocycles. The largest absolute Gasteiger partial charge is 0.492 e. The molecule has 8 nitrogen and oxygen atoms in total. The minimum atomic E-state index is -0.425. The number of fused-ring (bicyclic) bond motifs is 1. The molecule has 31 heavy (non-hydrogen) atoms. The lowest BCUT2D eigenvalue weighted by Gasteiger charge is -2.12. The Hall–Kier alpha value is -3.65. The highest BCUT2D eigenvalue weighted by Crippen LogP contribution is 2.24. The van der Waals surface area contributed by atoms with Crippen molar-refractivity contribution in [3.8, 4) is 11.4 Å². The number of para-hydroxylation sites is 2. The second-order valence-electron chi connectivity index (χ2n) is 6.82. The van der Waals surface area contributed by atoms with Gasteiger partial charge in [0.1, 0.15) is 17.8 Å². The monoisotopic (exact) mass is 437 g/mol. The topological polar surface area (TPSA) is 91.0 Å². The summed E-state index contributed by atoms with van der Waals surface area (Å²) in [5, 5.41) is 12.6. The van der Waals surface area contributed by atoms with E-state index in [9.17, 15) is 9.59 Å². The van der Waals surface area contributed by atoms with E-state index in [-0.39, 0.29) is 6.54 Å². The number of hydrogen-bond donors (Lipinski definition) is 1. The van der Waals surface area contributed by atoms with Gasteiger partial charge in [0.25, 0.3) is 5.56 Å². The molecule has 0 bridgehead atoms. The van der Waals surface area contributed by atoms with Crippen molar-refractivity contribution in [1.82, 2.24) is 19.6 Å². The van der Waals surface area contributed by atoms with Gasteiger partial charge >= 0.3 is 0 Å². The highest BCUT2D eigenvalue weighted by atomic mass is 35.5. The Morgan fingerprint density at radius 2 is 2.00 bits per heavy atom. The maximum absolute atomic E-state index is 13.2. The summed E-state index contributed by atoms with van der Waals surface area (Å²) in [7, 11) is 0. The summed E-state index contributed by atoms with van der Waals surface area (Å²) in [6, 6.07) is 14.2. The SMILES string of the molecule is CCOc1ccccc1NC(=O)Cn1nc(C)c2cnn(-c3cccc(Cl)c3)c2c1=O. The predicted molar refractivity (Wildman–Crippen MR) is 119 cm³/mol. The molecule has 0 spiro atoms. The van der Waals surface area contributed by atoms with Gasteiger partial charge in [-0.25, -0.2) is 9.36 Å². The second-order valence-corrected chi connectivity index (χ2v) is 7.26. The smallest absolute Gasteiger partial charge is 0.293 e. The average Bonchev–Trinajstić information content (AvgIpc) is 3.19. The van der Waals surface area contributed by atoms with Gasteiger partial charge in [0.2, 0.25) is 5.91 Å². The fourth-order valence-electron chi connectivity index (χ4n) is 3.31. The number of ether oxygens (including phenoxy) is 1. The molecule has 2 aromatic carbocycles. The highest BCUT2D eigenvalue weighted by Gasteiger charge is 2.17. The summed E-state index contributed by atoms with van der Waals surface area (Å²) < 4.78 is 8.18. The van der Waals surface area contributed by atoms with Crippen molar-refractivity contribution < 1.29 is 9.53 Å². The van der Waals surface area contributed by atoms with Crippen LogP contribution in [-0.2, 0) is 11.3 Å². The lowest BCUT2D eigenvalue weighted by Crippen LogP contribution is -2.31. The maximum Gasteiger partial charge on any atom is 0.293 e. The fourth-order valence-corrected chi connectivity index (χ4v) is 3.49. The third kappa shape index (κ3) is 4.15. The summed E-state index contributed by atoms with van der Waals surface area (Å²) in [4.78, 5) is 25.8. The molecule has 0 unspecified atom stereocenters. The van der Waals surface area contributed by atoms with Crippen LogP contribution in [0.1, 0.15) is 12.6 Å². The molecular formula is C22H20ClN5O3. The molecule has 0 saturated heterocycles. The van der Waals surface area contributed by atoms with Crippen LogP contribution in [0, 0.1) is 6.92 Å². The standard InChI is InChI=1S/C22H20ClN5O3/c1-3-31-19-10-5-4-9-18(19)25-20(29)13-27-22(30)21-17(14(2)26-27)12-24-28(21)16-8-6-7-15(23)11-16/h4-12H,3,13H2,1-2H3,(H,25,29). The van der Waals surface area contributed by atoms with Gasteiger partial charge in [-0.2, -0.15) is 10.2 Å². The van der Waals surface area contributed by atoms with E-state index in [1.807, 2.05) is 13.0 Å². The first-order chi connectivity index (χ1) is 15.0. The molecule has 0 radical (unpaired) electrons. The van der Waals surface area contributed by atoms with Crippen molar-refractivity contribution in [2.45, 2.75) is 20.4 Å². The number of carbonyl (C=O) groups is 1. The van der Waals surface area contributed by atoms with E-state index in [1.54, 1.807) is 55.6 Å². The van der Waals surface area contributed by atoms with Gasteiger partial charge in [-0.05, 0) is 44.2 Å². The van der Waals surface area contributed by atoms with Gasteiger partial charge < -0.3 is 10.1 Å². The predicted octanol–water partition coefficient (Wildman–Crippen LogP) is 3.58. The van der Waals surface area contributed by atoms with Crippen LogP contribution in [-0.4, -0.2) is 32.1 Å². The summed E-state index contributed by atoms with van der Waals surface area (Å²) in [6.07, 6.45) is 1.59. The van der Waals surface area contributed by atoms with Crippen LogP contribution in [0.2, 0.25) is 5.02 Å². The molecule has 4 aromatic rings. The van der Waals surface area contributed by atoms with Crippen LogP contribution in [0.15, 0.2) is 59.5 Å². The zero-order chi connectivity index (χ0) is 22.0. The summed E-state index contributed by atoms with van der Waals surface area (Å²) in [5.74, 6) is 0.165. The Kier molecular flexibility index (Phi) is 5.73. The number of rotatable bonds is 6. The van der Waals surface area contributed by atoms with E-state index < -0.39 is 11.5 Å². The van der Waals surface area contributed by atoms with Crippen molar-refractivity contribution in [3.63, 3.8) is 0 Å². The quantitative estimate of drug-likeness (QED) is 0.498. The van der Waals surface area contributed by atoms with E-state index in [0.29, 0.717) is 45.4 Å². The Morgan fingerprint density at radius 1 is 1.19 bits per heavy atom. The number of aryl methyl sites for hydroxylation is 1. The first-order valence-electron chi connectivity index (χ1n) is 9.71. The molecule has 4 rings (SSSR count). The number of nitrogens with one attached hydrogen (secondary N) is 1. The molecule has 0 fully saturated rings. The van der Waals surface area contributed by atoms with Crippen LogP contribution in [0.25, 0.3) is 16.6 Å². The minimum absolute atomic E-state index is 0.253. The van der Waals surface area contributed by atoms with E-state index in [1.165, 1.54) is 4.68 Å². The Labute approximate surface area is 183 Å². The van der Waals surface area contributed by atoms with Crippen LogP contribution < -0.4 is 15.6 Å². The van der Waals surface area contributed by atoms with E-state index >= 15 is 0 Å². The van der Waals surface area contributed by atoms with Gasteiger partial charge in [0.05, 0.1) is 29.9 Å². The molecule has 9 heteroatoms. The number of hydrogen-bond acceptors (Lipinski definition) is 5. The lowest BCUT2D eigenvalue weighted by molar-refractivity contribution is -0.117. The molecule has 1 N–H and O–H groups in total. The van der Waals surface area contributed by atoms with Crippen molar-refractivity contribution in [2.75, 3.05) is 11.9 Å². The van der Waals surface area contributed by atoms with Gasteiger partial charge in [-0.15, -0.1) is 0 Å². The van der Waals surface area contributed by atoms with Crippen molar-refractivity contribution >= 4 is 34.1 Å². The van der Waals surface area contributed by atoms with Crippen LogP contribution in [0.5, 0.6) is 5.75 Å². The van der Waals surface area contributed by atoms with E-state index in [2.05, 4.69) is 15.5 Å². The Bertz CT molecular complexity index is 1330. The molecule has 0 atom stereocenters. The fraction of sp³-hybridized carbons (Fsp3) is 0.182. The number of amides is 1. The van der Waals surface area contributed by atoms with Gasteiger partial charge in [-0.1, -0.05) is 29.8 Å². The van der Waals surface area contributed by atoms with Crippen molar-refractivity contribution in [2.24, 2.45) is 0 Å².